The molecule has 1 aromatic rings. The maximum Gasteiger partial charge on any atom is 0.128 e. The Morgan fingerprint density at radius 1 is 1.75 bits per heavy atom. The Morgan fingerprint density at radius 2 is 2.50 bits per heavy atom. The molecule has 12 heavy (non-hydrogen) atoms. The van der Waals surface area contributed by atoms with Crippen LogP contribution in [-0.4, -0.2) is 22.6 Å². The molecule has 0 aliphatic rings. The molecule has 0 atom stereocenters. The normalized spacial score (nSPS) is 10.6. The summed E-state index contributed by atoms with van der Waals surface area (Å²) in [5, 5.41) is 3.79. The van der Waals surface area contributed by atoms with E-state index in [0.29, 0.717) is 18.2 Å². The molecule has 0 saturated heterocycles. The minimum atomic E-state index is 0.637. The van der Waals surface area contributed by atoms with Gasteiger partial charge in [-0.25, -0.2) is 4.98 Å². The van der Waals surface area contributed by atoms with Gasteiger partial charge in [-0.1, -0.05) is 11.6 Å². The Bertz CT molecular complexity index is 246. The molecule has 0 radical (unpaired) electrons. The van der Waals surface area contributed by atoms with Gasteiger partial charge in [0.15, 0.2) is 0 Å². The predicted molar refractivity (Wildman–Crippen MR) is 49.0 cm³/mol. The average Bonchev–Trinajstić information content (AvgIpc) is 2.36. The van der Waals surface area contributed by atoms with Crippen LogP contribution in [0.3, 0.4) is 0 Å². The highest BCUT2D eigenvalue weighted by Crippen LogP contribution is 2.08. The first kappa shape index (κ1) is 9.51. The first-order valence-corrected chi connectivity index (χ1v) is 4.20. The van der Waals surface area contributed by atoms with Crippen LogP contribution >= 0.6 is 11.6 Å². The van der Waals surface area contributed by atoms with Crippen LogP contribution < -0.4 is 11.1 Å². The zero-order chi connectivity index (χ0) is 8.97. The predicted octanol–water partition coefficient (Wildman–Crippen LogP) is 0.122. The zero-order valence-corrected chi connectivity index (χ0v) is 7.80. The number of hydrogen-bond donors (Lipinski definition) is 2. The van der Waals surface area contributed by atoms with Crippen LogP contribution in [0, 0.1) is 0 Å². The van der Waals surface area contributed by atoms with E-state index in [1.165, 1.54) is 0 Å². The summed E-state index contributed by atoms with van der Waals surface area (Å²) in [6, 6.07) is 0. The van der Waals surface area contributed by atoms with Crippen molar-refractivity contribution in [2.24, 2.45) is 12.8 Å². The molecule has 3 N–H and O–H groups in total. The van der Waals surface area contributed by atoms with E-state index in [1.54, 1.807) is 6.20 Å². The van der Waals surface area contributed by atoms with Crippen molar-refractivity contribution in [3.8, 4) is 0 Å². The van der Waals surface area contributed by atoms with Gasteiger partial charge in [0, 0.05) is 20.1 Å². The highest BCUT2D eigenvalue weighted by atomic mass is 35.5. The van der Waals surface area contributed by atoms with Gasteiger partial charge in [-0.05, 0) is 0 Å². The molecular formula is C7H13ClN4. The van der Waals surface area contributed by atoms with Crippen molar-refractivity contribution in [1.82, 2.24) is 14.9 Å². The fourth-order valence-electron chi connectivity index (χ4n) is 0.891. The van der Waals surface area contributed by atoms with E-state index in [4.69, 9.17) is 17.3 Å². The van der Waals surface area contributed by atoms with E-state index < -0.39 is 0 Å². The molecule has 5 heteroatoms. The Balaban J connectivity index is 2.46. The summed E-state index contributed by atoms with van der Waals surface area (Å²) < 4.78 is 1.84. The summed E-state index contributed by atoms with van der Waals surface area (Å²) in [7, 11) is 1.88. The summed E-state index contributed by atoms with van der Waals surface area (Å²) in [6.07, 6.45) is 1.64. The van der Waals surface area contributed by atoms with Gasteiger partial charge in [0.05, 0.1) is 12.7 Å². The molecule has 0 aliphatic carbocycles. The molecule has 68 valence electrons. The van der Waals surface area contributed by atoms with E-state index in [1.807, 2.05) is 11.6 Å². The Hall–Kier alpha value is -0.580. The number of nitrogens with one attached hydrogen (secondary N) is 1. The first-order chi connectivity index (χ1) is 5.75. The number of nitrogens with two attached hydrogens (primary N) is 1. The molecule has 0 aromatic carbocycles. The molecule has 1 rings (SSSR count). The van der Waals surface area contributed by atoms with Crippen molar-refractivity contribution in [1.29, 1.82) is 0 Å². The second kappa shape index (κ2) is 4.45. The summed E-state index contributed by atoms with van der Waals surface area (Å²) in [4.78, 5) is 4.11. The summed E-state index contributed by atoms with van der Waals surface area (Å²) in [5.74, 6) is 0.924. The SMILES string of the molecule is Cn1c(Cl)cnc1CNCCN. The third-order valence-corrected chi connectivity index (χ3v) is 1.98. The quantitative estimate of drug-likeness (QED) is 0.661. The van der Waals surface area contributed by atoms with Crippen LogP contribution in [0.4, 0.5) is 0 Å². The van der Waals surface area contributed by atoms with Crippen molar-refractivity contribution in [3.05, 3.63) is 17.2 Å². The van der Waals surface area contributed by atoms with E-state index >= 15 is 0 Å². The van der Waals surface area contributed by atoms with Gasteiger partial charge in [0.1, 0.15) is 11.0 Å². The zero-order valence-electron chi connectivity index (χ0n) is 7.05. The van der Waals surface area contributed by atoms with Crippen LogP contribution in [-0.2, 0) is 13.6 Å². The van der Waals surface area contributed by atoms with Gasteiger partial charge in [0.2, 0.25) is 0 Å². The molecule has 0 unspecified atom stereocenters. The second-order valence-corrected chi connectivity index (χ2v) is 2.91. The average molecular weight is 189 g/mol. The molecule has 0 spiro atoms. The Kier molecular flexibility index (Phi) is 3.52. The third-order valence-electron chi connectivity index (χ3n) is 1.63. The molecule has 0 aliphatic heterocycles. The lowest BCUT2D eigenvalue weighted by molar-refractivity contribution is 0.643. The molecule has 0 amide bonds. The Labute approximate surface area is 76.7 Å². The lowest BCUT2D eigenvalue weighted by Crippen LogP contribution is -2.23. The standard InChI is InChI=1S/C7H13ClN4/c1-12-6(8)4-11-7(12)5-10-3-2-9/h4,10H,2-3,5,9H2,1H3. The lowest BCUT2D eigenvalue weighted by atomic mass is 10.5. The molecule has 0 saturated carbocycles. The van der Waals surface area contributed by atoms with Crippen LogP contribution in [0.15, 0.2) is 6.20 Å². The number of hydrogen-bond acceptors (Lipinski definition) is 3. The maximum atomic E-state index is 5.79. The van der Waals surface area contributed by atoms with Crippen molar-refractivity contribution < 1.29 is 0 Å². The second-order valence-electron chi connectivity index (χ2n) is 2.52. The van der Waals surface area contributed by atoms with Gasteiger partial charge in [0.25, 0.3) is 0 Å². The third kappa shape index (κ3) is 2.20. The first-order valence-electron chi connectivity index (χ1n) is 3.82. The topological polar surface area (TPSA) is 55.9 Å². The van der Waals surface area contributed by atoms with E-state index in [0.717, 1.165) is 12.4 Å². The van der Waals surface area contributed by atoms with Gasteiger partial charge >= 0.3 is 0 Å². The molecular weight excluding hydrogens is 176 g/mol. The highest BCUT2D eigenvalue weighted by molar-refractivity contribution is 6.29. The van der Waals surface area contributed by atoms with Crippen LogP contribution in [0.2, 0.25) is 5.15 Å². The van der Waals surface area contributed by atoms with Crippen molar-refractivity contribution in [2.75, 3.05) is 13.1 Å². The number of rotatable bonds is 4. The van der Waals surface area contributed by atoms with Crippen molar-refractivity contribution in [2.45, 2.75) is 6.54 Å². The molecule has 0 bridgehead atoms. The van der Waals surface area contributed by atoms with Gasteiger partial charge in [-0.3, -0.25) is 0 Å². The number of imidazole rings is 1. The smallest absolute Gasteiger partial charge is 0.128 e. The van der Waals surface area contributed by atoms with Crippen LogP contribution in [0.25, 0.3) is 0 Å². The minimum Gasteiger partial charge on any atom is -0.329 e. The lowest BCUT2D eigenvalue weighted by Gasteiger charge is -2.03. The van der Waals surface area contributed by atoms with Crippen LogP contribution in [0.5, 0.6) is 0 Å². The number of nitrogens with zero attached hydrogens (tertiary/aromatic N) is 2. The van der Waals surface area contributed by atoms with Gasteiger partial charge < -0.3 is 15.6 Å². The van der Waals surface area contributed by atoms with Crippen molar-refractivity contribution >= 4 is 11.6 Å². The summed E-state index contributed by atoms with van der Waals surface area (Å²) in [6.45, 7) is 2.14. The van der Waals surface area contributed by atoms with Crippen molar-refractivity contribution in [3.63, 3.8) is 0 Å². The maximum absolute atomic E-state index is 5.79. The van der Waals surface area contributed by atoms with Gasteiger partial charge in [-0.15, -0.1) is 0 Å². The summed E-state index contributed by atoms with van der Waals surface area (Å²) >= 11 is 5.79. The van der Waals surface area contributed by atoms with Crippen LogP contribution in [0.1, 0.15) is 5.82 Å². The molecule has 4 nitrogen and oxygen atoms in total. The van der Waals surface area contributed by atoms with E-state index in [9.17, 15) is 0 Å². The number of halogens is 1. The van der Waals surface area contributed by atoms with Gasteiger partial charge in [-0.2, -0.15) is 0 Å². The van der Waals surface area contributed by atoms with E-state index in [-0.39, 0.29) is 0 Å². The number of aromatic nitrogens is 2. The van der Waals surface area contributed by atoms with E-state index in [2.05, 4.69) is 10.3 Å². The highest BCUT2D eigenvalue weighted by Gasteiger charge is 2.02. The largest absolute Gasteiger partial charge is 0.329 e. The molecule has 0 fully saturated rings. The monoisotopic (exact) mass is 188 g/mol. The molecule has 1 aromatic heterocycles. The fraction of sp³-hybridized carbons (Fsp3) is 0.571. The Morgan fingerprint density at radius 3 is 3.00 bits per heavy atom. The fourth-order valence-corrected chi connectivity index (χ4v) is 1.04. The summed E-state index contributed by atoms with van der Waals surface area (Å²) in [5.41, 5.74) is 5.32. The minimum absolute atomic E-state index is 0.637. The molecule has 1 heterocycles.